The SMILES string of the molecule is Cc1c(Cl)cccc1NC(=O)[C@H]1CCCN(C(=O)c2cccc(C(F)(F)F)c2)C1. The molecule has 3 rings (SSSR count). The van der Waals surface area contributed by atoms with Gasteiger partial charge in [0.15, 0.2) is 0 Å². The molecule has 2 amide bonds. The highest BCUT2D eigenvalue weighted by molar-refractivity contribution is 6.31. The average Bonchev–Trinajstić information content (AvgIpc) is 2.70. The number of amides is 2. The summed E-state index contributed by atoms with van der Waals surface area (Å²) in [6.07, 6.45) is -3.33. The van der Waals surface area contributed by atoms with E-state index in [9.17, 15) is 22.8 Å². The number of carbonyl (C=O) groups excluding carboxylic acids is 2. The third kappa shape index (κ3) is 4.90. The molecule has 0 unspecified atom stereocenters. The molecule has 0 aromatic heterocycles. The number of hydrogen-bond donors (Lipinski definition) is 1. The molecule has 0 radical (unpaired) electrons. The molecule has 0 spiro atoms. The standard InChI is InChI=1S/C21H20ClF3N2O2/c1-13-17(22)8-3-9-18(13)26-19(28)15-6-4-10-27(12-15)20(29)14-5-2-7-16(11-14)21(23,24)25/h2-3,5,7-9,11,15H,4,6,10,12H2,1H3,(H,26,28)/t15-/m0/s1. The predicted molar refractivity (Wildman–Crippen MR) is 105 cm³/mol. The molecular weight excluding hydrogens is 405 g/mol. The first kappa shape index (κ1) is 21.2. The third-order valence-corrected chi connectivity index (χ3v) is 5.45. The number of benzene rings is 2. The van der Waals surface area contributed by atoms with Crippen molar-refractivity contribution in [1.29, 1.82) is 0 Å². The van der Waals surface area contributed by atoms with Crippen LogP contribution in [0.4, 0.5) is 18.9 Å². The molecule has 1 atom stereocenters. The van der Waals surface area contributed by atoms with Crippen molar-refractivity contribution >= 4 is 29.1 Å². The Labute approximate surface area is 171 Å². The Bertz CT molecular complexity index is 930. The fourth-order valence-corrected chi connectivity index (χ4v) is 3.54. The molecule has 2 aromatic carbocycles. The van der Waals surface area contributed by atoms with Gasteiger partial charge in [-0.05, 0) is 55.7 Å². The fourth-order valence-electron chi connectivity index (χ4n) is 3.36. The third-order valence-electron chi connectivity index (χ3n) is 5.04. The Hall–Kier alpha value is -2.54. The van der Waals surface area contributed by atoms with Gasteiger partial charge in [-0.15, -0.1) is 0 Å². The summed E-state index contributed by atoms with van der Waals surface area (Å²) in [6.45, 7) is 2.35. The van der Waals surface area contributed by atoms with Gasteiger partial charge in [-0.25, -0.2) is 0 Å². The zero-order valence-corrected chi connectivity index (χ0v) is 16.5. The van der Waals surface area contributed by atoms with Gasteiger partial charge in [-0.1, -0.05) is 23.7 Å². The minimum absolute atomic E-state index is 0.0356. The number of rotatable bonds is 3. The second-order valence-corrected chi connectivity index (χ2v) is 7.48. The maximum absolute atomic E-state index is 12.9. The Morgan fingerprint density at radius 1 is 1.17 bits per heavy atom. The van der Waals surface area contributed by atoms with Gasteiger partial charge in [0.2, 0.25) is 5.91 Å². The molecule has 1 heterocycles. The molecule has 4 nitrogen and oxygen atoms in total. The second kappa shape index (κ2) is 8.45. The van der Waals surface area contributed by atoms with E-state index in [1.54, 1.807) is 25.1 Å². The lowest BCUT2D eigenvalue weighted by atomic mass is 9.96. The quantitative estimate of drug-likeness (QED) is 0.740. The molecule has 1 N–H and O–H groups in total. The van der Waals surface area contributed by atoms with Crippen molar-refractivity contribution in [3.8, 4) is 0 Å². The van der Waals surface area contributed by atoms with Crippen LogP contribution in [-0.2, 0) is 11.0 Å². The Morgan fingerprint density at radius 2 is 1.90 bits per heavy atom. The molecule has 1 fully saturated rings. The van der Waals surface area contributed by atoms with Crippen molar-refractivity contribution in [2.75, 3.05) is 18.4 Å². The average molecular weight is 425 g/mol. The summed E-state index contributed by atoms with van der Waals surface area (Å²) in [4.78, 5) is 26.8. The fraction of sp³-hybridized carbons (Fsp3) is 0.333. The maximum Gasteiger partial charge on any atom is 0.416 e. The molecule has 1 saturated heterocycles. The highest BCUT2D eigenvalue weighted by Crippen LogP contribution is 2.30. The number of piperidine rings is 1. The van der Waals surface area contributed by atoms with Crippen LogP contribution < -0.4 is 5.32 Å². The van der Waals surface area contributed by atoms with Crippen LogP contribution in [0.2, 0.25) is 5.02 Å². The largest absolute Gasteiger partial charge is 0.416 e. The first-order valence-corrected chi connectivity index (χ1v) is 9.57. The highest BCUT2D eigenvalue weighted by Gasteiger charge is 2.33. The summed E-state index contributed by atoms with van der Waals surface area (Å²) in [6, 6.07) is 9.55. The van der Waals surface area contributed by atoms with E-state index in [0.29, 0.717) is 30.1 Å². The summed E-state index contributed by atoms with van der Waals surface area (Å²) in [7, 11) is 0. The summed E-state index contributed by atoms with van der Waals surface area (Å²) in [5, 5.41) is 3.37. The van der Waals surface area contributed by atoms with Gasteiger partial charge < -0.3 is 10.2 Å². The van der Waals surface area contributed by atoms with E-state index in [0.717, 1.165) is 17.7 Å². The van der Waals surface area contributed by atoms with Gasteiger partial charge in [0.05, 0.1) is 11.5 Å². The topological polar surface area (TPSA) is 49.4 Å². The van der Waals surface area contributed by atoms with Crippen LogP contribution >= 0.6 is 11.6 Å². The Balaban J connectivity index is 1.71. The Morgan fingerprint density at radius 3 is 2.62 bits per heavy atom. The van der Waals surface area contributed by atoms with Crippen molar-refractivity contribution in [2.24, 2.45) is 5.92 Å². The maximum atomic E-state index is 12.9. The first-order chi connectivity index (χ1) is 13.7. The summed E-state index contributed by atoms with van der Waals surface area (Å²) >= 11 is 6.08. The minimum Gasteiger partial charge on any atom is -0.338 e. The number of nitrogens with one attached hydrogen (secondary N) is 1. The number of carbonyl (C=O) groups is 2. The van der Waals surface area contributed by atoms with Gasteiger partial charge >= 0.3 is 6.18 Å². The minimum atomic E-state index is -4.52. The van der Waals surface area contributed by atoms with E-state index in [-0.39, 0.29) is 18.0 Å². The number of hydrogen-bond acceptors (Lipinski definition) is 2. The van der Waals surface area contributed by atoms with Crippen molar-refractivity contribution in [3.63, 3.8) is 0 Å². The number of nitrogens with zero attached hydrogens (tertiary/aromatic N) is 1. The lowest BCUT2D eigenvalue weighted by Crippen LogP contribution is -2.43. The lowest BCUT2D eigenvalue weighted by Gasteiger charge is -2.32. The van der Waals surface area contributed by atoms with E-state index in [1.807, 2.05) is 0 Å². The number of alkyl halides is 3. The van der Waals surface area contributed by atoms with E-state index in [2.05, 4.69) is 5.32 Å². The van der Waals surface area contributed by atoms with Crippen LogP contribution in [-0.4, -0.2) is 29.8 Å². The van der Waals surface area contributed by atoms with Gasteiger partial charge in [0.25, 0.3) is 5.91 Å². The molecule has 0 saturated carbocycles. The second-order valence-electron chi connectivity index (χ2n) is 7.07. The molecule has 29 heavy (non-hydrogen) atoms. The molecule has 0 aliphatic carbocycles. The van der Waals surface area contributed by atoms with Crippen molar-refractivity contribution in [1.82, 2.24) is 4.90 Å². The molecule has 8 heteroatoms. The van der Waals surface area contributed by atoms with Gasteiger partial charge in [0.1, 0.15) is 0 Å². The van der Waals surface area contributed by atoms with Crippen LogP contribution in [0.15, 0.2) is 42.5 Å². The number of halogens is 4. The molecule has 1 aliphatic heterocycles. The van der Waals surface area contributed by atoms with E-state index in [1.165, 1.54) is 17.0 Å². The van der Waals surface area contributed by atoms with Crippen molar-refractivity contribution in [3.05, 3.63) is 64.2 Å². The molecule has 154 valence electrons. The van der Waals surface area contributed by atoms with Crippen LogP contribution in [0.5, 0.6) is 0 Å². The van der Waals surface area contributed by atoms with Gasteiger partial charge in [-0.2, -0.15) is 13.2 Å². The molecule has 0 bridgehead atoms. The summed E-state index contributed by atoms with van der Waals surface area (Å²) in [5.74, 6) is -1.19. The van der Waals surface area contributed by atoms with Gasteiger partial charge in [-0.3, -0.25) is 9.59 Å². The van der Waals surface area contributed by atoms with Crippen molar-refractivity contribution in [2.45, 2.75) is 25.9 Å². The number of likely N-dealkylation sites (tertiary alicyclic amines) is 1. The molecule has 1 aliphatic rings. The lowest BCUT2D eigenvalue weighted by molar-refractivity contribution is -0.137. The van der Waals surface area contributed by atoms with E-state index < -0.39 is 23.6 Å². The van der Waals surface area contributed by atoms with Crippen LogP contribution in [0.3, 0.4) is 0 Å². The van der Waals surface area contributed by atoms with E-state index >= 15 is 0 Å². The summed E-state index contributed by atoms with van der Waals surface area (Å²) < 4.78 is 38.8. The molecule has 2 aromatic rings. The summed E-state index contributed by atoms with van der Waals surface area (Å²) in [5.41, 5.74) is 0.441. The highest BCUT2D eigenvalue weighted by atomic mass is 35.5. The van der Waals surface area contributed by atoms with Crippen LogP contribution in [0.25, 0.3) is 0 Å². The normalized spacial score (nSPS) is 17.1. The monoisotopic (exact) mass is 424 g/mol. The molecular formula is C21H20ClF3N2O2. The smallest absolute Gasteiger partial charge is 0.338 e. The zero-order chi connectivity index (χ0) is 21.2. The number of anilines is 1. The van der Waals surface area contributed by atoms with E-state index in [4.69, 9.17) is 11.6 Å². The zero-order valence-electron chi connectivity index (χ0n) is 15.7. The van der Waals surface area contributed by atoms with Crippen LogP contribution in [0, 0.1) is 12.8 Å². The van der Waals surface area contributed by atoms with Crippen molar-refractivity contribution < 1.29 is 22.8 Å². The Kier molecular flexibility index (Phi) is 6.17. The first-order valence-electron chi connectivity index (χ1n) is 9.19. The predicted octanol–water partition coefficient (Wildman–Crippen LogP) is 5.16. The van der Waals surface area contributed by atoms with Gasteiger partial charge in [0, 0.05) is 29.4 Å². The van der Waals surface area contributed by atoms with Crippen LogP contribution in [0.1, 0.15) is 34.3 Å².